The van der Waals surface area contributed by atoms with Crippen LogP contribution in [0.25, 0.3) is 0 Å². The van der Waals surface area contributed by atoms with Gasteiger partial charge in [-0.3, -0.25) is 24.1 Å². The number of nitrogens with zero attached hydrogens (tertiary/aromatic N) is 1. The standard InChI is InChI=1S/C29H31NO6/c1-6-36-21-9-7-8-16(26(21)33)22-15-10-11-17-23(28(35)30(27(17)34)29(3,4)5)18(15)13-19-24(22)20(31)12-14(2)25(19)32/h7-10,12,17-18,22-23,33H,6,11,13H2,1-5H3/t17-,18+,22+,23-/m0/s1. The number of phenolic OH excluding ortho intramolecular Hbond substituents is 1. The molecule has 3 aliphatic carbocycles. The van der Waals surface area contributed by atoms with Crippen LogP contribution in [0.15, 0.2) is 52.6 Å². The van der Waals surface area contributed by atoms with Crippen molar-refractivity contribution in [3.8, 4) is 11.5 Å². The maximum absolute atomic E-state index is 13.7. The van der Waals surface area contributed by atoms with Crippen molar-refractivity contribution in [2.75, 3.05) is 6.61 Å². The van der Waals surface area contributed by atoms with Crippen molar-refractivity contribution < 1.29 is 29.0 Å². The first-order valence-electron chi connectivity index (χ1n) is 12.5. The fraction of sp³-hybridized carbons (Fsp3) is 0.448. The number of ether oxygens (including phenoxy) is 1. The van der Waals surface area contributed by atoms with Crippen LogP contribution >= 0.6 is 0 Å². The number of rotatable bonds is 3. The van der Waals surface area contributed by atoms with Gasteiger partial charge in [0.1, 0.15) is 0 Å². The summed E-state index contributed by atoms with van der Waals surface area (Å²) in [6.07, 6.45) is 3.90. The molecule has 2 amide bonds. The van der Waals surface area contributed by atoms with E-state index in [0.29, 0.717) is 41.1 Å². The Labute approximate surface area is 210 Å². The zero-order valence-electron chi connectivity index (χ0n) is 21.3. The van der Waals surface area contributed by atoms with Crippen molar-refractivity contribution in [3.05, 3.63) is 58.2 Å². The number of fused-ring (bicyclic) bond motifs is 3. The fourth-order valence-corrected chi connectivity index (χ4v) is 6.44. The highest BCUT2D eigenvalue weighted by Crippen LogP contribution is 2.57. The van der Waals surface area contributed by atoms with Crippen molar-refractivity contribution in [2.24, 2.45) is 17.8 Å². The van der Waals surface area contributed by atoms with E-state index in [9.17, 15) is 24.3 Å². The van der Waals surface area contributed by atoms with E-state index in [2.05, 4.69) is 0 Å². The normalized spacial score (nSPS) is 28.0. The Bertz CT molecular complexity index is 1310. The van der Waals surface area contributed by atoms with Crippen molar-refractivity contribution in [1.29, 1.82) is 0 Å². The number of carbonyl (C=O) groups is 4. The van der Waals surface area contributed by atoms with E-state index in [0.717, 1.165) is 5.57 Å². The molecule has 7 nitrogen and oxygen atoms in total. The number of para-hydroxylation sites is 1. The minimum Gasteiger partial charge on any atom is -0.504 e. The summed E-state index contributed by atoms with van der Waals surface area (Å²) in [6, 6.07) is 5.13. The van der Waals surface area contributed by atoms with Crippen LogP contribution in [0.5, 0.6) is 11.5 Å². The molecule has 5 rings (SSSR count). The predicted octanol–water partition coefficient (Wildman–Crippen LogP) is 4.02. The molecule has 1 aromatic rings. The number of ketones is 2. The zero-order chi connectivity index (χ0) is 26.1. The molecule has 0 spiro atoms. The average Bonchev–Trinajstić information content (AvgIpc) is 3.08. The number of hydrogen-bond acceptors (Lipinski definition) is 6. The van der Waals surface area contributed by atoms with E-state index < -0.39 is 29.2 Å². The lowest BCUT2D eigenvalue weighted by Crippen LogP contribution is -2.46. The molecule has 188 valence electrons. The molecule has 1 aromatic carbocycles. The number of hydrogen-bond donors (Lipinski definition) is 1. The van der Waals surface area contributed by atoms with Gasteiger partial charge >= 0.3 is 0 Å². The zero-order valence-corrected chi connectivity index (χ0v) is 21.3. The van der Waals surface area contributed by atoms with Crippen LogP contribution in [-0.2, 0) is 19.2 Å². The van der Waals surface area contributed by atoms with Crippen LogP contribution in [0.1, 0.15) is 58.9 Å². The predicted molar refractivity (Wildman–Crippen MR) is 132 cm³/mol. The van der Waals surface area contributed by atoms with Crippen molar-refractivity contribution >= 4 is 23.4 Å². The molecule has 1 saturated heterocycles. The lowest BCUT2D eigenvalue weighted by Gasteiger charge is -2.42. The third kappa shape index (κ3) is 3.39. The largest absolute Gasteiger partial charge is 0.504 e. The molecule has 1 fully saturated rings. The third-order valence-corrected chi connectivity index (χ3v) is 7.87. The Morgan fingerprint density at radius 2 is 1.81 bits per heavy atom. The highest BCUT2D eigenvalue weighted by atomic mass is 16.5. The molecule has 4 aliphatic rings. The average molecular weight is 490 g/mol. The van der Waals surface area contributed by atoms with Gasteiger partial charge in [-0.2, -0.15) is 0 Å². The van der Waals surface area contributed by atoms with Gasteiger partial charge in [0.05, 0.1) is 18.4 Å². The van der Waals surface area contributed by atoms with E-state index in [4.69, 9.17) is 4.74 Å². The number of likely N-dealkylation sites (tertiary alicyclic amines) is 1. The summed E-state index contributed by atoms with van der Waals surface area (Å²) in [5.41, 5.74) is 1.69. The highest BCUT2D eigenvalue weighted by molar-refractivity contribution is 6.23. The van der Waals surface area contributed by atoms with Gasteiger partial charge in [-0.1, -0.05) is 23.8 Å². The second-order valence-electron chi connectivity index (χ2n) is 11.0. The van der Waals surface area contributed by atoms with Gasteiger partial charge in [-0.05, 0) is 65.5 Å². The topological polar surface area (TPSA) is 101 Å². The fourth-order valence-electron chi connectivity index (χ4n) is 6.44. The van der Waals surface area contributed by atoms with Crippen molar-refractivity contribution in [1.82, 2.24) is 4.90 Å². The molecular weight excluding hydrogens is 458 g/mol. The van der Waals surface area contributed by atoms with Crippen LogP contribution in [0, 0.1) is 17.8 Å². The van der Waals surface area contributed by atoms with E-state index in [1.54, 1.807) is 25.1 Å². The second-order valence-corrected chi connectivity index (χ2v) is 11.0. The van der Waals surface area contributed by atoms with E-state index in [1.165, 1.54) is 11.0 Å². The number of Topliss-reactive ketones (excluding diaryl/α,β-unsaturated/α-hetero) is 1. The van der Waals surface area contributed by atoms with E-state index in [-0.39, 0.29) is 35.6 Å². The van der Waals surface area contributed by atoms with Crippen LogP contribution < -0.4 is 4.74 Å². The molecule has 36 heavy (non-hydrogen) atoms. The van der Waals surface area contributed by atoms with Crippen molar-refractivity contribution in [3.63, 3.8) is 0 Å². The van der Waals surface area contributed by atoms with Crippen molar-refractivity contribution in [2.45, 2.75) is 58.9 Å². The summed E-state index contributed by atoms with van der Waals surface area (Å²) in [5, 5.41) is 11.2. The first kappa shape index (κ1) is 24.2. The number of amides is 2. The molecule has 0 aromatic heterocycles. The maximum Gasteiger partial charge on any atom is 0.234 e. The molecule has 0 saturated carbocycles. The summed E-state index contributed by atoms with van der Waals surface area (Å²) in [7, 11) is 0. The van der Waals surface area contributed by atoms with Gasteiger partial charge in [0.25, 0.3) is 0 Å². The monoisotopic (exact) mass is 489 g/mol. The minimum absolute atomic E-state index is 0.0865. The van der Waals surface area contributed by atoms with Gasteiger partial charge in [0.2, 0.25) is 11.8 Å². The van der Waals surface area contributed by atoms with Crippen LogP contribution in [0.2, 0.25) is 0 Å². The number of allylic oxidation sites excluding steroid dienone is 6. The number of carbonyl (C=O) groups excluding carboxylic acids is 4. The van der Waals surface area contributed by atoms with E-state index in [1.807, 2.05) is 33.8 Å². The number of phenols is 1. The summed E-state index contributed by atoms with van der Waals surface area (Å²) < 4.78 is 5.60. The summed E-state index contributed by atoms with van der Waals surface area (Å²) >= 11 is 0. The molecule has 1 N–H and O–H groups in total. The molecular formula is C29H31NO6. The molecule has 4 atom stereocenters. The lowest BCUT2D eigenvalue weighted by atomic mass is 9.59. The molecule has 0 bridgehead atoms. The molecule has 7 heteroatoms. The molecule has 0 radical (unpaired) electrons. The SMILES string of the molecule is CCOc1cccc([C@H]2C3=CC[C@@H]4C(=O)N(C(C)(C)C)C(=O)[C@@H]4[C@@H]3CC3=C2C(=O)C=C(C)C3=O)c1O. The highest BCUT2D eigenvalue weighted by Gasteiger charge is 2.58. The van der Waals surface area contributed by atoms with Gasteiger partial charge < -0.3 is 9.84 Å². The Morgan fingerprint density at radius 3 is 2.47 bits per heavy atom. The Kier molecular flexibility index (Phi) is 5.58. The maximum atomic E-state index is 13.7. The Balaban J connectivity index is 1.70. The number of aromatic hydroxyl groups is 1. The van der Waals surface area contributed by atoms with E-state index >= 15 is 0 Å². The minimum atomic E-state index is -0.701. The number of imide groups is 1. The van der Waals surface area contributed by atoms with Crippen LogP contribution in [0.3, 0.4) is 0 Å². The van der Waals surface area contributed by atoms with Gasteiger partial charge in [-0.15, -0.1) is 0 Å². The second kappa shape index (κ2) is 8.29. The first-order chi connectivity index (χ1) is 17.0. The summed E-state index contributed by atoms with van der Waals surface area (Å²) in [6.45, 7) is 9.30. The van der Waals surface area contributed by atoms with Crippen LogP contribution in [-0.4, -0.2) is 45.5 Å². The Morgan fingerprint density at radius 1 is 1.08 bits per heavy atom. The molecule has 1 heterocycles. The third-order valence-electron chi connectivity index (χ3n) is 7.87. The summed E-state index contributed by atoms with van der Waals surface area (Å²) in [5.74, 6) is -2.93. The lowest BCUT2D eigenvalue weighted by molar-refractivity contribution is -0.145. The van der Waals surface area contributed by atoms with Gasteiger partial charge in [0.15, 0.2) is 23.1 Å². The summed E-state index contributed by atoms with van der Waals surface area (Å²) in [4.78, 5) is 55.0. The van der Waals surface area contributed by atoms with Gasteiger partial charge in [0, 0.05) is 33.7 Å². The number of benzene rings is 1. The Hall–Kier alpha value is -3.48. The van der Waals surface area contributed by atoms with Crippen LogP contribution in [0.4, 0.5) is 0 Å². The van der Waals surface area contributed by atoms with Gasteiger partial charge in [-0.25, -0.2) is 0 Å². The smallest absolute Gasteiger partial charge is 0.234 e. The quantitative estimate of drug-likeness (QED) is 0.391. The molecule has 0 unspecified atom stereocenters. The molecule has 1 aliphatic heterocycles. The first-order valence-corrected chi connectivity index (χ1v) is 12.5.